The fourth-order valence-electron chi connectivity index (χ4n) is 4.92. The van der Waals surface area contributed by atoms with Crippen LogP contribution in [0.2, 0.25) is 0 Å². The maximum atomic E-state index is 13.8. The molecule has 4 N–H and O–H groups in total. The number of aliphatic hydroxyl groups excluding tert-OH is 3. The van der Waals surface area contributed by atoms with E-state index in [4.69, 9.17) is 4.74 Å². The van der Waals surface area contributed by atoms with Crippen LogP contribution in [0.15, 0.2) is 42.6 Å². The zero-order valence-electron chi connectivity index (χ0n) is 22.6. The molecule has 0 bridgehead atoms. The molecule has 0 spiro atoms. The molecule has 0 aliphatic carbocycles. The number of nitrogens with zero attached hydrogens (tertiary/aromatic N) is 3. The van der Waals surface area contributed by atoms with Gasteiger partial charge in [0.05, 0.1) is 23.7 Å². The Balaban J connectivity index is 1.67. The molecule has 1 aliphatic rings. The van der Waals surface area contributed by atoms with E-state index in [0.717, 1.165) is 46.1 Å². The number of hydrogen-bond donors (Lipinski definition) is 4. The number of aliphatic hydroxyl groups is 4. The lowest BCUT2D eigenvalue weighted by molar-refractivity contribution is -0.179. The Kier molecular flexibility index (Phi) is 9.28. The van der Waals surface area contributed by atoms with Crippen LogP contribution in [0.4, 0.5) is 13.2 Å². The van der Waals surface area contributed by atoms with E-state index in [9.17, 15) is 33.6 Å². The van der Waals surface area contributed by atoms with Crippen LogP contribution in [-0.2, 0) is 11.2 Å². The van der Waals surface area contributed by atoms with E-state index in [1.807, 2.05) is 24.3 Å². The molecular formula is C28H34F3N3O5S. The molecule has 2 heterocycles. The second kappa shape index (κ2) is 12.2. The van der Waals surface area contributed by atoms with Gasteiger partial charge in [-0.1, -0.05) is 43.3 Å². The first kappa shape index (κ1) is 30.5. The molecule has 3 aromatic rings. The first-order chi connectivity index (χ1) is 18.8. The third kappa shape index (κ3) is 6.37. The summed E-state index contributed by atoms with van der Waals surface area (Å²) in [4.78, 5) is 0. The van der Waals surface area contributed by atoms with Crippen molar-refractivity contribution in [1.82, 2.24) is 15.0 Å². The van der Waals surface area contributed by atoms with Gasteiger partial charge in [0.2, 0.25) is 0 Å². The summed E-state index contributed by atoms with van der Waals surface area (Å²) in [6.45, 7) is 6.93. The van der Waals surface area contributed by atoms with Crippen molar-refractivity contribution < 1.29 is 38.3 Å². The van der Waals surface area contributed by atoms with Crippen molar-refractivity contribution in [3.63, 3.8) is 0 Å². The van der Waals surface area contributed by atoms with Gasteiger partial charge in [-0.3, -0.25) is 0 Å². The highest BCUT2D eigenvalue weighted by atomic mass is 32.2. The summed E-state index contributed by atoms with van der Waals surface area (Å²) in [7, 11) is 0. The van der Waals surface area contributed by atoms with Crippen LogP contribution in [0.25, 0.3) is 11.3 Å². The van der Waals surface area contributed by atoms with Crippen LogP contribution in [0.3, 0.4) is 0 Å². The molecule has 1 aliphatic heterocycles. The van der Waals surface area contributed by atoms with Crippen LogP contribution in [-0.4, -0.2) is 71.4 Å². The number of hydrogen-bond acceptors (Lipinski definition) is 8. The van der Waals surface area contributed by atoms with E-state index in [1.54, 1.807) is 13.8 Å². The summed E-state index contributed by atoms with van der Waals surface area (Å²) < 4.78 is 48.1. The second-order valence-corrected chi connectivity index (χ2v) is 12.2. The molecule has 218 valence electrons. The number of rotatable bonds is 9. The number of halogens is 3. The number of ether oxygens (including phenoxy) is 1. The average Bonchev–Trinajstić information content (AvgIpc) is 3.36. The van der Waals surface area contributed by atoms with Crippen molar-refractivity contribution in [2.45, 2.75) is 74.8 Å². The topological polar surface area (TPSA) is 121 Å². The standard InChI is InChI=1S/C28H34F3N3O5S/c1-14(2)9-15-7-5-6-8-17(15)26(28(3,4)38)40-27-25(37)23(24(36)21(13-35)39-27)34-12-20(32-33-34)16-10-18(29)22(31)19(30)11-16/h5-8,10-12,14,21,23-27,35-38H,9,13H2,1-4H3/t21-,23+,24+,25-,26?,27+/m1/s1. The molecule has 1 saturated heterocycles. The average molecular weight is 582 g/mol. The van der Waals surface area contributed by atoms with Gasteiger partial charge >= 0.3 is 0 Å². The highest BCUT2D eigenvalue weighted by Crippen LogP contribution is 2.47. The lowest BCUT2D eigenvalue weighted by Crippen LogP contribution is -2.55. The quantitative estimate of drug-likeness (QED) is 0.282. The van der Waals surface area contributed by atoms with Gasteiger partial charge in [0.1, 0.15) is 35.5 Å². The summed E-state index contributed by atoms with van der Waals surface area (Å²) in [6.07, 6.45) is -1.92. The molecule has 8 nitrogen and oxygen atoms in total. The number of benzene rings is 2. The fourth-order valence-corrected chi connectivity index (χ4v) is 6.43. The van der Waals surface area contributed by atoms with Crippen molar-refractivity contribution >= 4 is 11.8 Å². The van der Waals surface area contributed by atoms with Crippen molar-refractivity contribution in [3.8, 4) is 11.3 Å². The molecule has 4 rings (SSSR count). The minimum Gasteiger partial charge on any atom is -0.394 e. The number of thioether (sulfide) groups is 1. The monoisotopic (exact) mass is 581 g/mol. The van der Waals surface area contributed by atoms with Gasteiger partial charge in [-0.2, -0.15) is 0 Å². The third-order valence-electron chi connectivity index (χ3n) is 6.82. The van der Waals surface area contributed by atoms with Crippen molar-refractivity contribution in [1.29, 1.82) is 0 Å². The number of aromatic nitrogens is 3. The Hall–Kier alpha value is -2.48. The Morgan fingerprint density at radius 1 is 1.07 bits per heavy atom. The molecule has 2 aromatic carbocycles. The van der Waals surface area contributed by atoms with Gasteiger partial charge in [0, 0.05) is 5.56 Å². The first-order valence-corrected chi connectivity index (χ1v) is 13.9. The maximum absolute atomic E-state index is 13.8. The predicted molar refractivity (Wildman–Crippen MR) is 144 cm³/mol. The molecule has 0 radical (unpaired) electrons. The summed E-state index contributed by atoms with van der Waals surface area (Å²) in [6, 6.07) is 8.07. The Morgan fingerprint density at radius 3 is 2.33 bits per heavy atom. The highest BCUT2D eigenvalue weighted by Gasteiger charge is 2.48. The van der Waals surface area contributed by atoms with Gasteiger partial charge in [0.15, 0.2) is 17.5 Å². The van der Waals surface area contributed by atoms with E-state index < -0.39 is 64.7 Å². The van der Waals surface area contributed by atoms with E-state index >= 15 is 0 Å². The molecule has 12 heteroatoms. The molecular weight excluding hydrogens is 547 g/mol. The SMILES string of the molecule is CC(C)Cc1ccccc1C(S[C@@H]1O[C@H](CO)[C@H](O)[C@H](n2cc(-c3cc(F)c(F)c(F)c3)nn2)[C@H]1O)C(C)(C)O. The lowest BCUT2D eigenvalue weighted by Gasteiger charge is -2.44. The molecule has 1 unspecified atom stereocenters. The lowest BCUT2D eigenvalue weighted by atomic mass is 9.90. The summed E-state index contributed by atoms with van der Waals surface area (Å²) >= 11 is 1.16. The maximum Gasteiger partial charge on any atom is 0.194 e. The molecule has 6 atom stereocenters. The van der Waals surface area contributed by atoms with Gasteiger partial charge in [-0.25, -0.2) is 17.9 Å². The van der Waals surface area contributed by atoms with Gasteiger partial charge in [-0.05, 0) is 49.4 Å². The minimum absolute atomic E-state index is 0.0228. The van der Waals surface area contributed by atoms with Gasteiger partial charge < -0.3 is 25.2 Å². The van der Waals surface area contributed by atoms with Crippen LogP contribution in [0, 0.1) is 23.4 Å². The van der Waals surface area contributed by atoms with Crippen molar-refractivity contribution in [2.75, 3.05) is 6.61 Å². The summed E-state index contributed by atoms with van der Waals surface area (Å²) in [5.74, 6) is -4.06. The fraction of sp³-hybridized carbons (Fsp3) is 0.500. The van der Waals surface area contributed by atoms with Crippen LogP contribution >= 0.6 is 11.8 Å². The zero-order chi connectivity index (χ0) is 29.4. The van der Waals surface area contributed by atoms with Crippen molar-refractivity contribution in [2.24, 2.45) is 5.92 Å². The predicted octanol–water partition coefficient (Wildman–Crippen LogP) is 3.79. The smallest absolute Gasteiger partial charge is 0.194 e. The Bertz CT molecular complexity index is 1300. The van der Waals surface area contributed by atoms with Crippen molar-refractivity contribution in [3.05, 3.63) is 71.2 Å². The Labute approximate surface area is 234 Å². The van der Waals surface area contributed by atoms with Crippen LogP contribution < -0.4 is 0 Å². The summed E-state index contributed by atoms with van der Waals surface area (Å²) in [5, 5.41) is 50.8. The van der Waals surface area contributed by atoms with Crippen LogP contribution in [0.1, 0.15) is 50.1 Å². The highest BCUT2D eigenvalue weighted by molar-refractivity contribution is 8.00. The van der Waals surface area contributed by atoms with Crippen LogP contribution in [0.5, 0.6) is 0 Å². The third-order valence-corrected chi connectivity index (χ3v) is 8.58. The zero-order valence-corrected chi connectivity index (χ0v) is 23.4. The van der Waals surface area contributed by atoms with Gasteiger partial charge in [-0.15, -0.1) is 16.9 Å². The van der Waals surface area contributed by atoms with E-state index in [1.165, 1.54) is 6.20 Å². The van der Waals surface area contributed by atoms with E-state index in [-0.39, 0.29) is 11.3 Å². The molecule has 0 saturated carbocycles. The normalized spacial score (nSPS) is 24.4. The molecule has 1 fully saturated rings. The molecule has 0 amide bonds. The first-order valence-electron chi connectivity index (χ1n) is 13.0. The van der Waals surface area contributed by atoms with E-state index in [2.05, 4.69) is 24.2 Å². The Morgan fingerprint density at radius 2 is 1.73 bits per heavy atom. The largest absolute Gasteiger partial charge is 0.394 e. The minimum atomic E-state index is -1.62. The summed E-state index contributed by atoms with van der Waals surface area (Å²) in [5.41, 5.74) is -0.480. The molecule has 1 aromatic heterocycles. The van der Waals surface area contributed by atoms with Gasteiger partial charge in [0.25, 0.3) is 0 Å². The van der Waals surface area contributed by atoms with E-state index in [0.29, 0.717) is 5.92 Å². The second-order valence-electron chi connectivity index (χ2n) is 11.0. The molecule has 40 heavy (non-hydrogen) atoms.